The van der Waals surface area contributed by atoms with Crippen LogP contribution in [0.5, 0.6) is 0 Å². The van der Waals surface area contributed by atoms with Crippen LogP contribution in [-0.2, 0) is 19.7 Å². The number of nitrogens with zero attached hydrogens (tertiary/aromatic N) is 1. The van der Waals surface area contributed by atoms with E-state index in [0.717, 1.165) is 4.31 Å². The van der Waals surface area contributed by atoms with Crippen molar-refractivity contribution in [1.29, 1.82) is 0 Å². The molecule has 0 aromatic heterocycles. The zero-order chi connectivity index (χ0) is 14.7. The molecule has 7 heteroatoms. The van der Waals surface area contributed by atoms with Crippen molar-refractivity contribution in [2.75, 3.05) is 14.1 Å². The van der Waals surface area contributed by atoms with Crippen LogP contribution in [0.3, 0.4) is 0 Å². The Hall–Kier alpha value is -0.660. The molecular weight excluding hydrogens is 256 g/mol. The molecule has 0 amide bonds. The highest BCUT2D eigenvalue weighted by atomic mass is 32.2. The summed E-state index contributed by atoms with van der Waals surface area (Å²) in [7, 11) is -0.865. The van der Waals surface area contributed by atoms with E-state index in [4.69, 9.17) is 4.74 Å². The lowest BCUT2D eigenvalue weighted by Crippen LogP contribution is -2.50. The third kappa shape index (κ3) is 5.79. The van der Waals surface area contributed by atoms with E-state index in [2.05, 4.69) is 4.72 Å². The van der Waals surface area contributed by atoms with Crippen molar-refractivity contribution >= 4 is 16.2 Å². The van der Waals surface area contributed by atoms with E-state index in [1.165, 1.54) is 14.1 Å². The van der Waals surface area contributed by atoms with Gasteiger partial charge in [0.1, 0.15) is 11.6 Å². The molecule has 108 valence electrons. The maximum atomic E-state index is 11.9. The normalized spacial score (nSPS) is 14.9. The summed E-state index contributed by atoms with van der Waals surface area (Å²) < 4.78 is 32.0. The van der Waals surface area contributed by atoms with E-state index < -0.39 is 27.8 Å². The Labute approximate surface area is 110 Å². The summed E-state index contributed by atoms with van der Waals surface area (Å²) >= 11 is 0. The van der Waals surface area contributed by atoms with Gasteiger partial charge in [0, 0.05) is 14.1 Å². The van der Waals surface area contributed by atoms with Crippen LogP contribution in [0.25, 0.3) is 0 Å². The van der Waals surface area contributed by atoms with E-state index in [0.29, 0.717) is 0 Å². The predicted octanol–water partition coefficient (Wildman–Crippen LogP) is 0.749. The predicted molar refractivity (Wildman–Crippen MR) is 70.2 cm³/mol. The number of ether oxygens (including phenoxy) is 1. The lowest BCUT2D eigenvalue weighted by atomic mass is 10.1. The van der Waals surface area contributed by atoms with E-state index >= 15 is 0 Å². The zero-order valence-corrected chi connectivity index (χ0v) is 13.0. The lowest BCUT2D eigenvalue weighted by molar-refractivity contribution is -0.158. The molecule has 0 aromatic carbocycles. The zero-order valence-electron chi connectivity index (χ0n) is 12.1. The molecule has 0 aliphatic rings. The number of rotatable bonds is 5. The first kappa shape index (κ1) is 17.3. The quantitative estimate of drug-likeness (QED) is 0.754. The first-order valence-corrected chi connectivity index (χ1v) is 7.23. The Morgan fingerprint density at radius 2 is 1.67 bits per heavy atom. The Morgan fingerprint density at radius 1 is 1.22 bits per heavy atom. The Bertz CT molecular complexity index is 382. The van der Waals surface area contributed by atoms with Crippen LogP contribution in [0.2, 0.25) is 0 Å². The molecule has 0 saturated heterocycles. The Morgan fingerprint density at radius 3 is 1.94 bits per heavy atom. The molecule has 0 aliphatic heterocycles. The lowest BCUT2D eigenvalue weighted by Gasteiger charge is -2.27. The van der Waals surface area contributed by atoms with Crippen molar-refractivity contribution in [1.82, 2.24) is 9.03 Å². The molecule has 1 N–H and O–H groups in total. The third-order valence-electron chi connectivity index (χ3n) is 2.08. The first-order valence-electron chi connectivity index (χ1n) is 5.79. The van der Waals surface area contributed by atoms with Gasteiger partial charge in [0.05, 0.1) is 0 Å². The Balaban J connectivity index is 4.96. The molecule has 0 rings (SSSR count). The third-order valence-corrected chi connectivity index (χ3v) is 3.60. The van der Waals surface area contributed by atoms with Gasteiger partial charge < -0.3 is 4.74 Å². The molecule has 0 radical (unpaired) electrons. The maximum absolute atomic E-state index is 11.9. The molecule has 18 heavy (non-hydrogen) atoms. The molecular formula is C11H24N2O4S. The summed E-state index contributed by atoms with van der Waals surface area (Å²) in [5.74, 6) is -0.766. The summed E-state index contributed by atoms with van der Waals surface area (Å²) in [5, 5.41) is 0. The van der Waals surface area contributed by atoms with Crippen molar-refractivity contribution in [3.8, 4) is 0 Å². The van der Waals surface area contributed by atoms with E-state index in [1.54, 1.807) is 34.6 Å². The molecule has 1 atom stereocenters. The summed E-state index contributed by atoms with van der Waals surface area (Å²) in [5.41, 5.74) is -0.645. The molecule has 0 unspecified atom stereocenters. The summed E-state index contributed by atoms with van der Waals surface area (Å²) in [6, 6.07) is -0.892. The summed E-state index contributed by atoms with van der Waals surface area (Å²) in [6.45, 7) is 8.73. The topological polar surface area (TPSA) is 75.7 Å². The van der Waals surface area contributed by atoms with Crippen LogP contribution in [0.4, 0.5) is 0 Å². The number of nitrogens with one attached hydrogen (secondary N) is 1. The van der Waals surface area contributed by atoms with Gasteiger partial charge in [0.25, 0.3) is 10.2 Å². The van der Waals surface area contributed by atoms with Gasteiger partial charge in [-0.25, -0.2) is 0 Å². The van der Waals surface area contributed by atoms with Gasteiger partial charge in [-0.2, -0.15) is 17.4 Å². The van der Waals surface area contributed by atoms with Gasteiger partial charge in [0.2, 0.25) is 0 Å². The smallest absolute Gasteiger partial charge is 0.325 e. The van der Waals surface area contributed by atoms with Gasteiger partial charge in [-0.05, 0) is 26.7 Å². The highest BCUT2D eigenvalue weighted by molar-refractivity contribution is 7.87. The maximum Gasteiger partial charge on any atom is 0.325 e. The molecule has 0 heterocycles. The van der Waals surface area contributed by atoms with E-state index in [1.807, 2.05) is 0 Å². The molecule has 0 fully saturated rings. The van der Waals surface area contributed by atoms with Crippen molar-refractivity contribution in [3.05, 3.63) is 0 Å². The minimum absolute atomic E-state index is 0.199. The minimum atomic E-state index is -3.66. The molecule has 0 aliphatic carbocycles. The summed E-state index contributed by atoms with van der Waals surface area (Å²) in [4.78, 5) is 11.9. The van der Waals surface area contributed by atoms with Crippen molar-refractivity contribution < 1.29 is 17.9 Å². The molecule has 6 nitrogen and oxygen atoms in total. The first-order chi connectivity index (χ1) is 7.87. The number of carbonyl (C=O) groups is 1. The van der Waals surface area contributed by atoms with Gasteiger partial charge in [-0.1, -0.05) is 13.8 Å². The number of esters is 1. The largest absolute Gasteiger partial charge is 0.459 e. The minimum Gasteiger partial charge on any atom is -0.459 e. The molecule has 0 spiro atoms. The van der Waals surface area contributed by atoms with Gasteiger partial charge in [0.15, 0.2) is 0 Å². The van der Waals surface area contributed by atoms with E-state index in [9.17, 15) is 13.2 Å². The average molecular weight is 280 g/mol. The fourth-order valence-electron chi connectivity index (χ4n) is 1.09. The second kappa shape index (κ2) is 5.99. The highest BCUT2D eigenvalue weighted by Crippen LogP contribution is 2.13. The van der Waals surface area contributed by atoms with Gasteiger partial charge in [-0.15, -0.1) is 0 Å². The van der Waals surface area contributed by atoms with Gasteiger partial charge in [-0.3, -0.25) is 4.79 Å². The molecule has 0 aromatic rings. The fourth-order valence-corrected chi connectivity index (χ4v) is 1.99. The fraction of sp³-hybridized carbons (Fsp3) is 0.909. The van der Waals surface area contributed by atoms with E-state index in [-0.39, 0.29) is 5.92 Å². The van der Waals surface area contributed by atoms with Crippen LogP contribution in [0.15, 0.2) is 0 Å². The second-order valence-corrected chi connectivity index (χ2v) is 7.58. The van der Waals surface area contributed by atoms with Crippen LogP contribution in [0, 0.1) is 5.92 Å². The Kier molecular flexibility index (Phi) is 5.77. The van der Waals surface area contributed by atoms with Crippen LogP contribution < -0.4 is 4.72 Å². The van der Waals surface area contributed by atoms with Crippen LogP contribution in [0.1, 0.15) is 34.6 Å². The van der Waals surface area contributed by atoms with Crippen LogP contribution >= 0.6 is 0 Å². The SMILES string of the molecule is CC(C)[C@@H](NS(=O)(=O)N(C)C)C(=O)OC(C)(C)C. The highest BCUT2D eigenvalue weighted by Gasteiger charge is 2.32. The van der Waals surface area contributed by atoms with Crippen molar-refractivity contribution in [2.45, 2.75) is 46.3 Å². The second-order valence-electron chi connectivity index (χ2n) is 5.66. The average Bonchev–Trinajstić information content (AvgIpc) is 2.10. The number of hydrogen-bond donors (Lipinski definition) is 1. The standard InChI is InChI=1S/C11H24N2O4S/c1-8(2)9(10(14)17-11(3,4)5)12-18(15,16)13(6)7/h8-9,12H,1-7H3/t9-/m1/s1. The van der Waals surface area contributed by atoms with Crippen molar-refractivity contribution in [3.63, 3.8) is 0 Å². The molecule has 0 saturated carbocycles. The van der Waals surface area contributed by atoms with Gasteiger partial charge >= 0.3 is 5.97 Å². The molecule has 0 bridgehead atoms. The summed E-state index contributed by atoms with van der Waals surface area (Å²) in [6.07, 6.45) is 0. The monoisotopic (exact) mass is 280 g/mol. The van der Waals surface area contributed by atoms with Crippen LogP contribution in [-0.4, -0.2) is 44.4 Å². The van der Waals surface area contributed by atoms with Crippen molar-refractivity contribution in [2.24, 2.45) is 5.92 Å². The number of carbonyl (C=O) groups excluding carboxylic acids is 1. The number of hydrogen-bond acceptors (Lipinski definition) is 4.